The molecule has 0 amide bonds. The smallest absolute Gasteiger partial charge is 0.191 e. The van der Waals surface area contributed by atoms with E-state index in [2.05, 4.69) is 20.6 Å². The highest BCUT2D eigenvalue weighted by Crippen LogP contribution is 2.10. The number of hydrogen-bond acceptors (Lipinski definition) is 2. The predicted octanol–water partition coefficient (Wildman–Crippen LogP) is 3.64. The maximum atomic E-state index is 5.98. The van der Waals surface area contributed by atoms with Crippen LogP contribution in [0.1, 0.15) is 18.1 Å². The number of guanidine groups is 1. The first-order valence-electron chi connectivity index (χ1n) is 7.04. The molecule has 2 N–H and O–H groups in total. The Balaban J connectivity index is 1.96. The van der Waals surface area contributed by atoms with Gasteiger partial charge in [0.25, 0.3) is 0 Å². The summed E-state index contributed by atoms with van der Waals surface area (Å²) in [6.45, 7) is 4.01. The maximum Gasteiger partial charge on any atom is 0.191 e. The number of pyridine rings is 1. The second-order valence-corrected chi connectivity index (χ2v) is 5.49. The number of benzene rings is 1. The SMILES string of the molecule is CCNC(=NCc1ccc(Cl)nc1)NCc1cccc(Cl)c1. The Morgan fingerprint density at radius 1 is 1.14 bits per heavy atom. The van der Waals surface area contributed by atoms with Gasteiger partial charge in [0.15, 0.2) is 5.96 Å². The van der Waals surface area contributed by atoms with E-state index in [-0.39, 0.29) is 0 Å². The van der Waals surface area contributed by atoms with E-state index in [0.717, 1.165) is 28.7 Å². The van der Waals surface area contributed by atoms with Crippen molar-refractivity contribution in [3.63, 3.8) is 0 Å². The van der Waals surface area contributed by atoms with Crippen molar-refractivity contribution in [1.29, 1.82) is 0 Å². The van der Waals surface area contributed by atoms with Crippen molar-refractivity contribution in [2.75, 3.05) is 6.54 Å². The fourth-order valence-corrected chi connectivity index (χ4v) is 2.17. The van der Waals surface area contributed by atoms with Gasteiger partial charge in [-0.25, -0.2) is 9.98 Å². The summed E-state index contributed by atoms with van der Waals surface area (Å²) in [6, 6.07) is 11.4. The molecule has 0 bridgehead atoms. The number of aliphatic imine (C=N–C) groups is 1. The Labute approximate surface area is 140 Å². The largest absolute Gasteiger partial charge is 0.357 e. The van der Waals surface area contributed by atoms with Crippen LogP contribution in [0.25, 0.3) is 0 Å². The summed E-state index contributed by atoms with van der Waals surface area (Å²) in [6.07, 6.45) is 1.73. The van der Waals surface area contributed by atoms with Crippen LogP contribution in [0.4, 0.5) is 0 Å². The molecule has 0 aliphatic carbocycles. The molecule has 116 valence electrons. The summed E-state index contributed by atoms with van der Waals surface area (Å²) >= 11 is 11.8. The molecule has 0 saturated heterocycles. The van der Waals surface area contributed by atoms with Gasteiger partial charge in [0.2, 0.25) is 0 Å². The van der Waals surface area contributed by atoms with Crippen LogP contribution < -0.4 is 10.6 Å². The molecule has 0 saturated carbocycles. The first-order chi connectivity index (χ1) is 10.7. The fourth-order valence-electron chi connectivity index (χ4n) is 1.84. The third-order valence-corrected chi connectivity index (χ3v) is 3.36. The van der Waals surface area contributed by atoms with E-state index in [0.29, 0.717) is 18.2 Å². The number of aromatic nitrogens is 1. The van der Waals surface area contributed by atoms with Gasteiger partial charge in [-0.05, 0) is 36.2 Å². The summed E-state index contributed by atoms with van der Waals surface area (Å²) in [5.74, 6) is 0.748. The third-order valence-electron chi connectivity index (χ3n) is 2.90. The highest BCUT2D eigenvalue weighted by molar-refractivity contribution is 6.30. The van der Waals surface area contributed by atoms with Crippen molar-refractivity contribution < 1.29 is 0 Å². The topological polar surface area (TPSA) is 49.3 Å². The van der Waals surface area contributed by atoms with Gasteiger partial charge in [0, 0.05) is 24.3 Å². The molecule has 2 aromatic rings. The minimum absolute atomic E-state index is 0.485. The van der Waals surface area contributed by atoms with Crippen LogP contribution in [0.15, 0.2) is 47.6 Å². The molecule has 1 heterocycles. The van der Waals surface area contributed by atoms with Crippen LogP contribution in [0.5, 0.6) is 0 Å². The minimum atomic E-state index is 0.485. The number of hydrogen-bond donors (Lipinski definition) is 2. The monoisotopic (exact) mass is 336 g/mol. The Morgan fingerprint density at radius 2 is 2.00 bits per heavy atom. The zero-order valence-corrected chi connectivity index (χ0v) is 13.8. The van der Waals surface area contributed by atoms with Crippen molar-refractivity contribution in [1.82, 2.24) is 15.6 Å². The summed E-state index contributed by atoms with van der Waals surface area (Å²) < 4.78 is 0. The van der Waals surface area contributed by atoms with Crippen LogP contribution in [0.3, 0.4) is 0 Å². The van der Waals surface area contributed by atoms with Crippen molar-refractivity contribution >= 4 is 29.2 Å². The molecule has 4 nitrogen and oxygen atoms in total. The van der Waals surface area contributed by atoms with Crippen molar-refractivity contribution in [3.8, 4) is 0 Å². The molecule has 0 aliphatic heterocycles. The molecule has 0 aliphatic rings. The molecular formula is C16H18Cl2N4. The molecule has 0 fully saturated rings. The van der Waals surface area contributed by atoms with Gasteiger partial charge in [-0.2, -0.15) is 0 Å². The number of rotatable bonds is 5. The summed E-state index contributed by atoms with van der Waals surface area (Å²) in [7, 11) is 0. The molecule has 6 heteroatoms. The second-order valence-electron chi connectivity index (χ2n) is 4.67. The molecule has 0 radical (unpaired) electrons. The van der Waals surface area contributed by atoms with Crippen molar-refractivity contribution in [2.45, 2.75) is 20.0 Å². The summed E-state index contributed by atoms with van der Waals surface area (Å²) in [5, 5.41) is 7.70. The van der Waals surface area contributed by atoms with Crippen molar-refractivity contribution in [3.05, 3.63) is 63.9 Å². The van der Waals surface area contributed by atoms with Gasteiger partial charge in [0.1, 0.15) is 5.15 Å². The number of nitrogens with one attached hydrogen (secondary N) is 2. The molecule has 1 aromatic heterocycles. The van der Waals surface area contributed by atoms with Gasteiger partial charge in [-0.1, -0.05) is 41.4 Å². The number of nitrogens with zero attached hydrogens (tertiary/aromatic N) is 2. The van der Waals surface area contributed by atoms with Crippen LogP contribution in [0.2, 0.25) is 10.2 Å². The second kappa shape index (κ2) is 8.61. The fraction of sp³-hybridized carbons (Fsp3) is 0.250. The van der Waals surface area contributed by atoms with E-state index >= 15 is 0 Å². The Hall–Kier alpha value is -1.78. The summed E-state index contributed by atoms with van der Waals surface area (Å²) in [4.78, 5) is 8.58. The number of halogens is 2. The first-order valence-corrected chi connectivity index (χ1v) is 7.80. The van der Waals surface area contributed by atoms with Crippen LogP contribution in [-0.2, 0) is 13.1 Å². The van der Waals surface area contributed by atoms with Crippen LogP contribution in [-0.4, -0.2) is 17.5 Å². The highest BCUT2D eigenvalue weighted by Gasteiger charge is 2.00. The molecule has 1 aromatic carbocycles. The molecule has 0 spiro atoms. The van der Waals surface area contributed by atoms with E-state index in [4.69, 9.17) is 23.2 Å². The molecular weight excluding hydrogens is 319 g/mol. The quantitative estimate of drug-likeness (QED) is 0.497. The zero-order valence-electron chi connectivity index (χ0n) is 12.3. The average Bonchev–Trinajstić information content (AvgIpc) is 2.52. The lowest BCUT2D eigenvalue weighted by Crippen LogP contribution is -2.36. The molecule has 0 atom stereocenters. The highest BCUT2D eigenvalue weighted by atomic mass is 35.5. The van der Waals surface area contributed by atoms with Gasteiger partial charge in [-0.3, -0.25) is 0 Å². The minimum Gasteiger partial charge on any atom is -0.357 e. The molecule has 22 heavy (non-hydrogen) atoms. The lowest BCUT2D eigenvalue weighted by atomic mass is 10.2. The normalized spacial score (nSPS) is 11.3. The van der Waals surface area contributed by atoms with Gasteiger partial charge in [-0.15, -0.1) is 0 Å². The summed E-state index contributed by atoms with van der Waals surface area (Å²) in [5.41, 5.74) is 2.11. The Kier molecular flexibility index (Phi) is 6.49. The van der Waals surface area contributed by atoms with E-state index in [9.17, 15) is 0 Å². The Bertz CT molecular complexity index is 626. The van der Waals surface area contributed by atoms with E-state index in [1.165, 1.54) is 0 Å². The lowest BCUT2D eigenvalue weighted by Gasteiger charge is -2.11. The molecule has 2 rings (SSSR count). The maximum absolute atomic E-state index is 5.98. The van der Waals surface area contributed by atoms with Crippen LogP contribution in [0, 0.1) is 0 Å². The predicted molar refractivity (Wildman–Crippen MR) is 92.4 cm³/mol. The zero-order chi connectivity index (χ0) is 15.8. The van der Waals surface area contributed by atoms with E-state index in [1.807, 2.05) is 37.3 Å². The van der Waals surface area contributed by atoms with Crippen LogP contribution >= 0.6 is 23.2 Å². The van der Waals surface area contributed by atoms with E-state index < -0.39 is 0 Å². The van der Waals surface area contributed by atoms with Gasteiger partial charge >= 0.3 is 0 Å². The third kappa shape index (κ3) is 5.54. The molecule has 0 unspecified atom stereocenters. The lowest BCUT2D eigenvalue weighted by molar-refractivity contribution is 0.815. The van der Waals surface area contributed by atoms with Crippen molar-refractivity contribution in [2.24, 2.45) is 4.99 Å². The Morgan fingerprint density at radius 3 is 2.68 bits per heavy atom. The van der Waals surface area contributed by atoms with Gasteiger partial charge in [0.05, 0.1) is 6.54 Å². The van der Waals surface area contributed by atoms with Gasteiger partial charge < -0.3 is 10.6 Å². The average molecular weight is 337 g/mol. The standard InChI is InChI=1S/C16H18Cl2N4/c1-2-19-16(21-9-12-4-3-5-14(17)8-12)22-11-13-6-7-15(18)20-10-13/h3-8,10H,2,9,11H2,1H3,(H2,19,21,22). The van der Waals surface area contributed by atoms with E-state index in [1.54, 1.807) is 12.3 Å². The first kappa shape index (κ1) is 16.6.